The van der Waals surface area contributed by atoms with Gasteiger partial charge in [-0.2, -0.15) is 0 Å². The summed E-state index contributed by atoms with van der Waals surface area (Å²) in [6.07, 6.45) is 1.54. The van der Waals surface area contributed by atoms with Crippen molar-refractivity contribution in [3.05, 3.63) is 71.3 Å². The molecule has 0 aliphatic heterocycles. The fourth-order valence-corrected chi connectivity index (χ4v) is 3.80. The highest BCUT2D eigenvalue weighted by Crippen LogP contribution is 2.36. The van der Waals surface area contributed by atoms with Crippen LogP contribution in [0.1, 0.15) is 23.1 Å². The number of aryl methyl sites for hydroxylation is 1. The van der Waals surface area contributed by atoms with Crippen molar-refractivity contribution >= 4 is 17.7 Å². The lowest BCUT2D eigenvalue weighted by molar-refractivity contribution is -0.119. The van der Waals surface area contributed by atoms with Gasteiger partial charge in [-0.3, -0.25) is 4.79 Å². The molecule has 3 rings (SSSR count). The number of carbonyl (C=O) groups excluding carboxylic acids is 1. The van der Waals surface area contributed by atoms with Crippen LogP contribution in [0.15, 0.2) is 54.6 Å². The van der Waals surface area contributed by atoms with E-state index in [2.05, 4.69) is 17.4 Å². The standard InChI is InChI=1S/C19H21NO2S/c21-18(13-23-12-15-6-2-1-3-7-15)20-14-19(22)11-10-16-8-4-5-9-17(16)19/h1-9,22H,10-14H2,(H,20,21)/t19-/m0/s1. The molecule has 2 N–H and O–H groups in total. The Kier molecular flexibility index (Phi) is 5.03. The van der Waals surface area contributed by atoms with E-state index in [4.69, 9.17) is 0 Å². The molecule has 23 heavy (non-hydrogen) atoms. The Labute approximate surface area is 141 Å². The fourth-order valence-electron chi connectivity index (χ4n) is 2.98. The number of amides is 1. The summed E-state index contributed by atoms with van der Waals surface area (Å²) in [6.45, 7) is 0.286. The Bertz CT molecular complexity index is 674. The number of carbonyl (C=O) groups is 1. The number of benzene rings is 2. The minimum absolute atomic E-state index is 0.0243. The third-order valence-corrected chi connectivity index (χ3v) is 5.25. The molecule has 0 bridgehead atoms. The lowest BCUT2D eigenvalue weighted by Crippen LogP contribution is -2.40. The van der Waals surface area contributed by atoms with Crippen LogP contribution in [0, 0.1) is 0 Å². The molecule has 1 aliphatic carbocycles. The average molecular weight is 327 g/mol. The summed E-state index contributed by atoms with van der Waals surface area (Å²) in [5.74, 6) is 1.21. The number of aliphatic hydroxyl groups is 1. The molecule has 0 saturated heterocycles. The van der Waals surface area contributed by atoms with Gasteiger partial charge in [0, 0.05) is 5.75 Å². The van der Waals surface area contributed by atoms with Gasteiger partial charge in [0.25, 0.3) is 0 Å². The van der Waals surface area contributed by atoms with Crippen LogP contribution < -0.4 is 5.32 Å². The van der Waals surface area contributed by atoms with E-state index in [9.17, 15) is 9.90 Å². The molecule has 0 spiro atoms. The normalized spacial score (nSPS) is 19.3. The first-order chi connectivity index (χ1) is 11.2. The van der Waals surface area contributed by atoms with Gasteiger partial charge in [-0.15, -0.1) is 11.8 Å². The maximum absolute atomic E-state index is 12.0. The number of rotatable bonds is 6. The van der Waals surface area contributed by atoms with Crippen molar-refractivity contribution in [2.75, 3.05) is 12.3 Å². The van der Waals surface area contributed by atoms with E-state index in [0.29, 0.717) is 12.2 Å². The summed E-state index contributed by atoms with van der Waals surface area (Å²) in [5, 5.41) is 13.7. The Morgan fingerprint density at radius 2 is 1.87 bits per heavy atom. The first-order valence-corrected chi connectivity index (χ1v) is 9.02. The van der Waals surface area contributed by atoms with Crippen LogP contribution in [-0.4, -0.2) is 23.3 Å². The zero-order valence-electron chi connectivity index (χ0n) is 13.0. The molecule has 1 amide bonds. The second-order valence-corrected chi connectivity index (χ2v) is 6.93. The van der Waals surface area contributed by atoms with Gasteiger partial charge < -0.3 is 10.4 Å². The molecule has 0 radical (unpaired) electrons. The first-order valence-electron chi connectivity index (χ1n) is 7.86. The van der Waals surface area contributed by atoms with E-state index in [1.165, 1.54) is 11.1 Å². The van der Waals surface area contributed by atoms with E-state index in [1.807, 2.05) is 42.5 Å². The monoisotopic (exact) mass is 327 g/mol. The van der Waals surface area contributed by atoms with Crippen molar-refractivity contribution in [3.8, 4) is 0 Å². The molecule has 0 heterocycles. The van der Waals surface area contributed by atoms with Crippen molar-refractivity contribution < 1.29 is 9.90 Å². The van der Waals surface area contributed by atoms with Gasteiger partial charge >= 0.3 is 0 Å². The highest BCUT2D eigenvalue weighted by molar-refractivity contribution is 7.99. The molecule has 4 heteroatoms. The molecule has 1 atom stereocenters. The number of thioether (sulfide) groups is 1. The summed E-state index contributed by atoms with van der Waals surface area (Å²) >= 11 is 1.59. The van der Waals surface area contributed by atoms with Crippen LogP contribution in [0.5, 0.6) is 0 Å². The van der Waals surface area contributed by atoms with Crippen molar-refractivity contribution in [3.63, 3.8) is 0 Å². The summed E-state index contributed by atoms with van der Waals surface area (Å²) in [4.78, 5) is 12.0. The Morgan fingerprint density at radius 1 is 1.13 bits per heavy atom. The minimum atomic E-state index is -0.920. The van der Waals surface area contributed by atoms with Crippen molar-refractivity contribution in [2.45, 2.75) is 24.2 Å². The average Bonchev–Trinajstić information content (AvgIpc) is 2.92. The van der Waals surface area contributed by atoms with Crippen LogP contribution >= 0.6 is 11.8 Å². The minimum Gasteiger partial charge on any atom is -0.383 e. The molecule has 0 saturated carbocycles. The van der Waals surface area contributed by atoms with Crippen molar-refractivity contribution in [2.24, 2.45) is 0 Å². The zero-order chi connectivity index (χ0) is 16.1. The fraction of sp³-hybridized carbons (Fsp3) is 0.316. The Hall–Kier alpha value is -1.78. The smallest absolute Gasteiger partial charge is 0.230 e. The Balaban J connectivity index is 1.46. The summed E-state index contributed by atoms with van der Waals surface area (Å²) in [6, 6.07) is 18.0. The van der Waals surface area contributed by atoms with Crippen LogP contribution in [0.2, 0.25) is 0 Å². The van der Waals surface area contributed by atoms with Gasteiger partial charge in [-0.25, -0.2) is 0 Å². The van der Waals surface area contributed by atoms with E-state index in [-0.39, 0.29) is 12.5 Å². The van der Waals surface area contributed by atoms with Gasteiger partial charge in [0.1, 0.15) is 5.60 Å². The van der Waals surface area contributed by atoms with E-state index < -0.39 is 5.60 Å². The highest BCUT2D eigenvalue weighted by atomic mass is 32.2. The molecule has 2 aromatic carbocycles. The summed E-state index contributed by atoms with van der Waals surface area (Å²) in [5.41, 5.74) is 2.43. The summed E-state index contributed by atoms with van der Waals surface area (Å²) < 4.78 is 0. The second-order valence-electron chi connectivity index (χ2n) is 5.94. The van der Waals surface area contributed by atoms with E-state index >= 15 is 0 Å². The zero-order valence-corrected chi connectivity index (χ0v) is 13.8. The van der Waals surface area contributed by atoms with Crippen LogP contribution in [0.4, 0.5) is 0 Å². The highest BCUT2D eigenvalue weighted by Gasteiger charge is 2.36. The molecule has 0 unspecified atom stereocenters. The van der Waals surface area contributed by atoms with Gasteiger partial charge in [0.05, 0.1) is 12.3 Å². The van der Waals surface area contributed by atoms with Crippen LogP contribution in [0.3, 0.4) is 0 Å². The Morgan fingerprint density at radius 3 is 2.70 bits per heavy atom. The predicted molar refractivity (Wildman–Crippen MR) is 94.3 cm³/mol. The second kappa shape index (κ2) is 7.20. The van der Waals surface area contributed by atoms with E-state index in [0.717, 1.165) is 17.7 Å². The molecule has 0 aromatic heterocycles. The number of hydrogen-bond acceptors (Lipinski definition) is 3. The van der Waals surface area contributed by atoms with Crippen molar-refractivity contribution in [1.29, 1.82) is 0 Å². The lowest BCUT2D eigenvalue weighted by atomic mass is 9.96. The van der Waals surface area contributed by atoms with E-state index in [1.54, 1.807) is 11.8 Å². The third kappa shape index (κ3) is 3.95. The molecule has 0 fully saturated rings. The van der Waals surface area contributed by atoms with Crippen LogP contribution in [-0.2, 0) is 22.6 Å². The number of fused-ring (bicyclic) bond motifs is 1. The van der Waals surface area contributed by atoms with Gasteiger partial charge in [0.15, 0.2) is 0 Å². The molecular formula is C19H21NO2S. The SMILES string of the molecule is O=C(CSCc1ccccc1)NC[C@@]1(O)CCc2ccccc21. The molecule has 3 nitrogen and oxygen atoms in total. The largest absolute Gasteiger partial charge is 0.383 e. The van der Waals surface area contributed by atoms with Crippen LogP contribution in [0.25, 0.3) is 0 Å². The molecule has 1 aliphatic rings. The van der Waals surface area contributed by atoms with Gasteiger partial charge in [0.2, 0.25) is 5.91 Å². The summed E-state index contributed by atoms with van der Waals surface area (Å²) in [7, 11) is 0. The molecular weight excluding hydrogens is 306 g/mol. The number of nitrogens with one attached hydrogen (secondary N) is 1. The lowest BCUT2D eigenvalue weighted by Gasteiger charge is -2.24. The van der Waals surface area contributed by atoms with Crippen molar-refractivity contribution in [1.82, 2.24) is 5.32 Å². The first kappa shape index (κ1) is 16.1. The van der Waals surface area contributed by atoms with Gasteiger partial charge in [-0.1, -0.05) is 54.6 Å². The molecule has 120 valence electrons. The quantitative estimate of drug-likeness (QED) is 0.858. The maximum Gasteiger partial charge on any atom is 0.230 e. The van der Waals surface area contributed by atoms with Gasteiger partial charge in [-0.05, 0) is 29.5 Å². The predicted octanol–water partition coefficient (Wildman–Crippen LogP) is 2.87. The maximum atomic E-state index is 12.0. The third-order valence-electron chi connectivity index (χ3n) is 4.25. The molecule has 2 aromatic rings. The topological polar surface area (TPSA) is 49.3 Å². The number of hydrogen-bond donors (Lipinski definition) is 2.